The number of aromatic nitrogens is 2. The zero-order valence-electron chi connectivity index (χ0n) is 8.50. The van der Waals surface area contributed by atoms with Crippen molar-refractivity contribution in [2.24, 2.45) is 5.73 Å². The molecular formula is C8H14N4OS. The Morgan fingerprint density at radius 3 is 2.64 bits per heavy atom. The monoisotopic (exact) mass is 214 g/mol. The summed E-state index contributed by atoms with van der Waals surface area (Å²) in [6.45, 7) is 6.04. The lowest BCUT2D eigenvalue weighted by Gasteiger charge is -2.10. The van der Waals surface area contributed by atoms with Gasteiger partial charge in [-0.05, 0) is 0 Å². The van der Waals surface area contributed by atoms with Crippen LogP contribution in [0.5, 0.6) is 0 Å². The lowest BCUT2D eigenvalue weighted by molar-refractivity contribution is 0.373. The second-order valence-electron chi connectivity index (χ2n) is 3.91. The number of thioether (sulfide) groups is 1. The average Bonchev–Trinajstić information content (AvgIpc) is 2.47. The van der Waals surface area contributed by atoms with E-state index in [9.17, 15) is 0 Å². The largest absolute Gasteiger partial charge is 0.379 e. The second kappa shape index (κ2) is 4.00. The van der Waals surface area contributed by atoms with Gasteiger partial charge in [-0.15, -0.1) is 0 Å². The molecule has 3 N–H and O–H groups in total. The summed E-state index contributed by atoms with van der Waals surface area (Å²) in [7, 11) is 0. The predicted octanol–water partition coefficient (Wildman–Crippen LogP) is 1.49. The molecule has 0 fully saturated rings. The first kappa shape index (κ1) is 11.0. The summed E-state index contributed by atoms with van der Waals surface area (Å²) in [5.74, 6) is 1.64. The highest BCUT2D eigenvalue weighted by atomic mass is 32.2. The fourth-order valence-corrected chi connectivity index (χ4v) is 1.15. The maximum Gasteiger partial charge on any atom is 0.237 e. The van der Waals surface area contributed by atoms with E-state index in [0.29, 0.717) is 17.5 Å². The molecule has 1 aromatic heterocycles. The third-order valence-corrected chi connectivity index (χ3v) is 2.19. The van der Waals surface area contributed by atoms with Crippen LogP contribution in [0, 0.1) is 5.41 Å². The lowest BCUT2D eigenvalue weighted by Crippen LogP contribution is -2.13. The van der Waals surface area contributed by atoms with Crippen LogP contribution in [0.2, 0.25) is 0 Å². The second-order valence-corrected chi connectivity index (χ2v) is 4.93. The fourth-order valence-electron chi connectivity index (χ4n) is 0.758. The summed E-state index contributed by atoms with van der Waals surface area (Å²) < 4.78 is 5.01. The van der Waals surface area contributed by atoms with E-state index in [2.05, 4.69) is 10.1 Å². The van der Waals surface area contributed by atoms with Gasteiger partial charge < -0.3 is 10.3 Å². The SMILES string of the molecule is CC(C)(C)c1noc(CSC(=N)N)n1. The molecule has 0 unspecified atom stereocenters. The van der Waals surface area contributed by atoms with Gasteiger partial charge in [0.15, 0.2) is 11.0 Å². The summed E-state index contributed by atoms with van der Waals surface area (Å²) in [5.41, 5.74) is 5.08. The van der Waals surface area contributed by atoms with Crippen LogP contribution in [-0.4, -0.2) is 15.3 Å². The zero-order valence-corrected chi connectivity index (χ0v) is 9.31. The Hall–Kier alpha value is -1.04. The van der Waals surface area contributed by atoms with Crippen molar-refractivity contribution in [2.45, 2.75) is 31.9 Å². The van der Waals surface area contributed by atoms with E-state index in [-0.39, 0.29) is 10.6 Å². The Kier molecular flexibility index (Phi) is 3.15. The number of amidine groups is 1. The van der Waals surface area contributed by atoms with Gasteiger partial charge in [0, 0.05) is 5.41 Å². The Balaban J connectivity index is 2.64. The summed E-state index contributed by atoms with van der Waals surface area (Å²) in [5, 5.41) is 10.9. The van der Waals surface area contributed by atoms with Crippen LogP contribution in [0.3, 0.4) is 0 Å². The standard InChI is InChI=1S/C8H14N4OS/c1-8(2,3)6-11-5(13-12-6)4-14-7(9)10/h4H2,1-3H3,(H3,9,10). The maximum atomic E-state index is 7.02. The Bertz CT molecular complexity index is 328. The molecule has 0 bridgehead atoms. The van der Waals surface area contributed by atoms with Crippen molar-refractivity contribution >= 4 is 16.9 Å². The molecule has 5 nitrogen and oxygen atoms in total. The molecule has 14 heavy (non-hydrogen) atoms. The van der Waals surface area contributed by atoms with E-state index in [4.69, 9.17) is 15.7 Å². The molecule has 0 amide bonds. The molecule has 0 radical (unpaired) electrons. The molecule has 6 heteroatoms. The molecule has 1 rings (SSSR count). The van der Waals surface area contributed by atoms with Crippen LogP contribution in [0.15, 0.2) is 4.52 Å². The van der Waals surface area contributed by atoms with Gasteiger partial charge in [-0.25, -0.2) is 0 Å². The highest BCUT2D eigenvalue weighted by Gasteiger charge is 2.20. The first-order valence-corrected chi connectivity index (χ1v) is 5.18. The molecule has 0 aliphatic rings. The van der Waals surface area contributed by atoms with Crippen LogP contribution in [0.25, 0.3) is 0 Å². The smallest absolute Gasteiger partial charge is 0.237 e. The van der Waals surface area contributed by atoms with Crippen molar-refractivity contribution < 1.29 is 4.52 Å². The third-order valence-electron chi connectivity index (χ3n) is 1.49. The molecular weight excluding hydrogens is 200 g/mol. The van der Waals surface area contributed by atoms with Crippen molar-refractivity contribution in [3.05, 3.63) is 11.7 Å². The van der Waals surface area contributed by atoms with Crippen LogP contribution < -0.4 is 5.73 Å². The van der Waals surface area contributed by atoms with Crippen molar-refractivity contribution in [3.63, 3.8) is 0 Å². The highest BCUT2D eigenvalue weighted by Crippen LogP contribution is 2.19. The van der Waals surface area contributed by atoms with Gasteiger partial charge in [-0.2, -0.15) is 4.98 Å². The number of rotatable bonds is 2. The van der Waals surface area contributed by atoms with Crippen LogP contribution in [0.4, 0.5) is 0 Å². The van der Waals surface area contributed by atoms with Crippen molar-refractivity contribution in [1.29, 1.82) is 5.41 Å². The minimum atomic E-state index is -0.108. The minimum absolute atomic E-state index is 0.0560. The topological polar surface area (TPSA) is 88.8 Å². The Labute approximate surface area is 87.0 Å². The van der Waals surface area contributed by atoms with Crippen molar-refractivity contribution in [3.8, 4) is 0 Å². The van der Waals surface area contributed by atoms with Gasteiger partial charge in [0.2, 0.25) is 5.89 Å². The van der Waals surface area contributed by atoms with Crippen LogP contribution >= 0.6 is 11.8 Å². The zero-order chi connectivity index (χ0) is 10.8. The quantitative estimate of drug-likeness (QED) is 0.575. The molecule has 0 aromatic carbocycles. The van der Waals surface area contributed by atoms with Crippen LogP contribution in [-0.2, 0) is 11.2 Å². The lowest BCUT2D eigenvalue weighted by atomic mass is 9.96. The molecule has 0 saturated carbocycles. The third kappa shape index (κ3) is 3.02. The van der Waals surface area contributed by atoms with Crippen LogP contribution in [0.1, 0.15) is 32.5 Å². The fraction of sp³-hybridized carbons (Fsp3) is 0.625. The number of nitrogens with two attached hydrogens (primary N) is 1. The van der Waals surface area contributed by atoms with Gasteiger partial charge in [0.05, 0.1) is 5.75 Å². The number of nitrogens with one attached hydrogen (secondary N) is 1. The average molecular weight is 214 g/mol. The summed E-state index contributed by atoms with van der Waals surface area (Å²) in [4.78, 5) is 4.20. The molecule has 0 spiro atoms. The predicted molar refractivity (Wildman–Crippen MR) is 56.2 cm³/mol. The molecule has 0 aliphatic carbocycles. The van der Waals surface area contributed by atoms with E-state index in [0.717, 1.165) is 0 Å². The molecule has 1 aromatic rings. The first-order valence-electron chi connectivity index (χ1n) is 4.19. The van der Waals surface area contributed by atoms with E-state index in [1.54, 1.807) is 0 Å². The maximum absolute atomic E-state index is 7.02. The highest BCUT2D eigenvalue weighted by molar-refractivity contribution is 8.12. The van der Waals surface area contributed by atoms with E-state index < -0.39 is 0 Å². The van der Waals surface area contributed by atoms with Crippen molar-refractivity contribution in [1.82, 2.24) is 10.1 Å². The van der Waals surface area contributed by atoms with E-state index in [1.807, 2.05) is 20.8 Å². The molecule has 0 saturated heterocycles. The van der Waals surface area contributed by atoms with Gasteiger partial charge in [-0.3, -0.25) is 5.41 Å². The molecule has 78 valence electrons. The summed E-state index contributed by atoms with van der Waals surface area (Å²) in [6, 6.07) is 0. The minimum Gasteiger partial charge on any atom is -0.379 e. The van der Waals surface area contributed by atoms with E-state index >= 15 is 0 Å². The number of hydrogen-bond donors (Lipinski definition) is 2. The van der Waals surface area contributed by atoms with Gasteiger partial charge in [0.1, 0.15) is 0 Å². The first-order chi connectivity index (χ1) is 6.39. The van der Waals surface area contributed by atoms with Gasteiger partial charge >= 0.3 is 0 Å². The Morgan fingerprint density at radius 2 is 2.21 bits per heavy atom. The number of nitrogens with zero attached hydrogens (tertiary/aromatic N) is 2. The normalized spacial score (nSPS) is 11.6. The summed E-state index contributed by atoms with van der Waals surface area (Å²) >= 11 is 1.17. The summed E-state index contributed by atoms with van der Waals surface area (Å²) in [6.07, 6.45) is 0. The molecule has 0 aliphatic heterocycles. The molecule has 1 heterocycles. The Morgan fingerprint density at radius 1 is 1.57 bits per heavy atom. The van der Waals surface area contributed by atoms with Crippen molar-refractivity contribution in [2.75, 3.05) is 0 Å². The molecule has 0 atom stereocenters. The van der Waals surface area contributed by atoms with E-state index in [1.165, 1.54) is 11.8 Å². The van der Waals surface area contributed by atoms with Gasteiger partial charge in [0.25, 0.3) is 0 Å². The number of hydrogen-bond acceptors (Lipinski definition) is 5. The van der Waals surface area contributed by atoms with Gasteiger partial charge in [-0.1, -0.05) is 37.7 Å².